The van der Waals surface area contributed by atoms with Gasteiger partial charge in [0, 0.05) is 12.6 Å². The van der Waals surface area contributed by atoms with Gasteiger partial charge in [-0.25, -0.2) is 4.79 Å². The molecule has 2 aromatic rings. The average Bonchev–Trinajstić information content (AvgIpc) is 2.82. The van der Waals surface area contributed by atoms with E-state index in [9.17, 15) is 4.79 Å². The molecule has 3 atom stereocenters. The van der Waals surface area contributed by atoms with E-state index in [1.165, 1.54) is 36.0 Å². The topological polar surface area (TPSA) is 59.6 Å². The van der Waals surface area contributed by atoms with Crippen LogP contribution >= 0.6 is 0 Å². The van der Waals surface area contributed by atoms with E-state index in [4.69, 9.17) is 9.47 Å². The van der Waals surface area contributed by atoms with Gasteiger partial charge < -0.3 is 20.1 Å². The van der Waals surface area contributed by atoms with Gasteiger partial charge >= 0.3 is 6.03 Å². The Kier molecular flexibility index (Phi) is 6.84. The van der Waals surface area contributed by atoms with Gasteiger partial charge in [-0.05, 0) is 77.2 Å². The van der Waals surface area contributed by atoms with Crippen molar-refractivity contribution in [2.75, 3.05) is 26.1 Å². The Morgan fingerprint density at radius 2 is 1.88 bits per heavy atom. The number of carbonyl (C=O) groups excluding carboxylic acids is 1. The number of benzene rings is 2. The van der Waals surface area contributed by atoms with Crippen molar-refractivity contribution >= 4 is 11.7 Å². The maximum Gasteiger partial charge on any atom is 0.319 e. The number of carbonyl (C=O) groups is 1. The number of hydrogen-bond acceptors (Lipinski definition) is 3. The van der Waals surface area contributed by atoms with Crippen LogP contribution in [0.3, 0.4) is 0 Å². The molecule has 2 aliphatic carbocycles. The molecule has 2 aliphatic rings. The number of aryl methyl sites for hydroxylation is 1. The van der Waals surface area contributed by atoms with Crippen LogP contribution in [0.2, 0.25) is 0 Å². The van der Waals surface area contributed by atoms with Crippen molar-refractivity contribution in [2.24, 2.45) is 11.3 Å². The van der Waals surface area contributed by atoms with Gasteiger partial charge in [0.2, 0.25) is 0 Å². The lowest BCUT2D eigenvalue weighted by atomic mass is 9.49. The quantitative estimate of drug-likeness (QED) is 0.502. The fraction of sp³-hybridized carbons (Fsp3) is 0.552. The van der Waals surface area contributed by atoms with Crippen molar-refractivity contribution in [3.63, 3.8) is 0 Å². The van der Waals surface area contributed by atoms with Crippen LogP contribution in [0.4, 0.5) is 10.5 Å². The smallest absolute Gasteiger partial charge is 0.319 e. The van der Waals surface area contributed by atoms with Crippen LogP contribution in [0.25, 0.3) is 0 Å². The van der Waals surface area contributed by atoms with Crippen molar-refractivity contribution in [1.29, 1.82) is 0 Å². The van der Waals surface area contributed by atoms with Gasteiger partial charge in [0.15, 0.2) is 0 Å². The van der Waals surface area contributed by atoms with Crippen LogP contribution in [0.5, 0.6) is 11.5 Å². The van der Waals surface area contributed by atoms with Gasteiger partial charge in [0.1, 0.15) is 11.5 Å². The zero-order chi connectivity index (χ0) is 24.5. The number of amides is 2. The first-order valence-electron chi connectivity index (χ1n) is 12.6. The number of rotatable bonds is 6. The van der Waals surface area contributed by atoms with E-state index < -0.39 is 0 Å². The van der Waals surface area contributed by atoms with Gasteiger partial charge in [-0.15, -0.1) is 0 Å². The molecular formula is C29H40N2O3. The molecule has 0 heterocycles. The summed E-state index contributed by atoms with van der Waals surface area (Å²) in [4.78, 5) is 12.9. The first kappa shape index (κ1) is 24.4. The van der Waals surface area contributed by atoms with Crippen LogP contribution < -0.4 is 20.1 Å². The molecule has 1 saturated carbocycles. The summed E-state index contributed by atoms with van der Waals surface area (Å²) in [6, 6.07) is 12.4. The molecule has 3 unspecified atom stereocenters. The number of nitrogens with one attached hydrogen (secondary N) is 2. The highest BCUT2D eigenvalue weighted by atomic mass is 16.5. The second kappa shape index (κ2) is 9.52. The lowest BCUT2D eigenvalue weighted by Crippen LogP contribution is -2.53. The number of anilines is 1. The second-order valence-electron chi connectivity index (χ2n) is 11.0. The largest absolute Gasteiger partial charge is 0.497 e. The first-order chi connectivity index (χ1) is 16.2. The van der Waals surface area contributed by atoms with E-state index in [0.29, 0.717) is 35.6 Å². The normalized spacial score (nSPS) is 25.8. The first-order valence-corrected chi connectivity index (χ1v) is 12.6. The van der Waals surface area contributed by atoms with Gasteiger partial charge in [-0.1, -0.05) is 52.3 Å². The minimum absolute atomic E-state index is 0.0583. The molecule has 0 aliphatic heterocycles. The third kappa shape index (κ3) is 4.49. The summed E-state index contributed by atoms with van der Waals surface area (Å²) in [5.41, 5.74) is 5.35. The molecule has 2 aromatic carbocycles. The molecule has 5 nitrogen and oxygen atoms in total. The van der Waals surface area contributed by atoms with Gasteiger partial charge in [0.25, 0.3) is 0 Å². The molecule has 0 bridgehead atoms. The Hall–Kier alpha value is -2.69. The summed E-state index contributed by atoms with van der Waals surface area (Å²) >= 11 is 0. The Morgan fingerprint density at radius 1 is 1.09 bits per heavy atom. The highest BCUT2D eigenvalue weighted by Crippen LogP contribution is 2.57. The van der Waals surface area contributed by atoms with E-state index in [1.54, 1.807) is 26.4 Å². The maximum absolute atomic E-state index is 12.9. The molecule has 184 valence electrons. The Balaban J connectivity index is 1.48. The molecule has 34 heavy (non-hydrogen) atoms. The average molecular weight is 465 g/mol. The number of ether oxygens (including phenoxy) is 2. The van der Waals surface area contributed by atoms with Gasteiger partial charge in [0.05, 0.1) is 19.9 Å². The van der Waals surface area contributed by atoms with Crippen LogP contribution in [0.1, 0.15) is 76.0 Å². The molecule has 5 heteroatoms. The molecule has 0 spiro atoms. The summed E-state index contributed by atoms with van der Waals surface area (Å²) in [5.74, 6) is 2.37. The SMILES string of the molecule is COc1ccc(NC(=O)NCC2(C)CCCC3(C)c4ccc(C(C)C)cc4CCC23)c(OC)c1. The Bertz CT molecular complexity index is 1050. The molecule has 2 amide bonds. The minimum atomic E-state index is -0.199. The van der Waals surface area contributed by atoms with Gasteiger partial charge in [-0.3, -0.25) is 0 Å². The Morgan fingerprint density at radius 3 is 2.59 bits per heavy atom. The highest BCUT2D eigenvalue weighted by Gasteiger charge is 2.51. The molecular weight excluding hydrogens is 424 g/mol. The van der Waals surface area contributed by atoms with E-state index in [2.05, 4.69) is 56.5 Å². The molecule has 1 fully saturated rings. The zero-order valence-electron chi connectivity index (χ0n) is 21.6. The lowest BCUT2D eigenvalue weighted by Gasteiger charge is -2.55. The van der Waals surface area contributed by atoms with Crippen molar-refractivity contribution in [3.8, 4) is 11.5 Å². The van der Waals surface area contributed by atoms with Crippen LogP contribution in [-0.4, -0.2) is 26.8 Å². The van der Waals surface area contributed by atoms with E-state index >= 15 is 0 Å². The summed E-state index contributed by atoms with van der Waals surface area (Å²) < 4.78 is 10.7. The summed E-state index contributed by atoms with van der Waals surface area (Å²) in [6.07, 6.45) is 5.85. The standard InChI is InChI=1S/C29H40N2O3/c1-19(2)20-8-11-23-21(16-20)9-13-26-28(3,14-7-15-29(23,26)4)18-30-27(32)31-24-12-10-22(33-5)17-25(24)34-6/h8,10-12,16-17,19,26H,7,9,13-15,18H2,1-6H3,(H2,30,31,32). The monoisotopic (exact) mass is 464 g/mol. The van der Waals surface area contributed by atoms with Crippen molar-refractivity contribution in [1.82, 2.24) is 5.32 Å². The van der Waals surface area contributed by atoms with E-state index in [1.807, 2.05) is 6.07 Å². The van der Waals surface area contributed by atoms with Crippen molar-refractivity contribution < 1.29 is 14.3 Å². The molecule has 0 radical (unpaired) electrons. The summed E-state index contributed by atoms with van der Waals surface area (Å²) in [7, 11) is 3.20. The molecule has 2 N–H and O–H groups in total. The Labute approximate surface area is 204 Å². The van der Waals surface area contributed by atoms with Crippen LogP contribution in [0, 0.1) is 11.3 Å². The summed E-state index contributed by atoms with van der Waals surface area (Å²) in [6.45, 7) is 10.0. The lowest BCUT2D eigenvalue weighted by molar-refractivity contribution is 0.0281. The zero-order valence-corrected chi connectivity index (χ0v) is 21.6. The number of methoxy groups -OCH3 is 2. The maximum atomic E-state index is 12.9. The third-order valence-electron chi connectivity index (χ3n) is 8.48. The third-order valence-corrected chi connectivity index (χ3v) is 8.48. The highest BCUT2D eigenvalue weighted by molar-refractivity contribution is 5.91. The molecule has 0 aromatic heterocycles. The van der Waals surface area contributed by atoms with Crippen molar-refractivity contribution in [3.05, 3.63) is 53.1 Å². The minimum Gasteiger partial charge on any atom is -0.497 e. The predicted molar refractivity (Wildman–Crippen MR) is 138 cm³/mol. The van der Waals surface area contributed by atoms with Crippen molar-refractivity contribution in [2.45, 2.75) is 71.1 Å². The fourth-order valence-corrected chi connectivity index (χ4v) is 6.57. The molecule has 0 saturated heterocycles. The second-order valence-corrected chi connectivity index (χ2v) is 11.0. The predicted octanol–water partition coefficient (Wildman–Crippen LogP) is 6.66. The summed E-state index contributed by atoms with van der Waals surface area (Å²) in [5, 5.41) is 6.14. The van der Waals surface area contributed by atoms with E-state index in [0.717, 1.165) is 12.8 Å². The fourth-order valence-electron chi connectivity index (χ4n) is 6.57. The van der Waals surface area contributed by atoms with Gasteiger partial charge in [-0.2, -0.15) is 0 Å². The molecule has 4 rings (SSSR count). The number of urea groups is 1. The number of hydrogen-bond donors (Lipinski definition) is 2. The van der Waals surface area contributed by atoms with Crippen LogP contribution in [-0.2, 0) is 11.8 Å². The van der Waals surface area contributed by atoms with E-state index in [-0.39, 0.29) is 16.9 Å². The van der Waals surface area contributed by atoms with Crippen LogP contribution in [0.15, 0.2) is 36.4 Å². The number of fused-ring (bicyclic) bond motifs is 3.